The maximum Gasteiger partial charge on any atom is 0 e. The predicted molar refractivity (Wildman–Crippen MR) is 40.0 cm³/mol. The summed E-state index contributed by atoms with van der Waals surface area (Å²) >= 11 is 0. The Bertz CT molecular complexity index is 94.1. The van der Waals surface area contributed by atoms with E-state index in [-0.39, 0.29) is 18.5 Å². The molecule has 0 fully saturated rings. The van der Waals surface area contributed by atoms with Crippen LogP contribution in [0.5, 0.6) is 0 Å². The van der Waals surface area contributed by atoms with Gasteiger partial charge in [0.25, 0.3) is 0 Å². The molecule has 2 heteroatoms. The summed E-state index contributed by atoms with van der Waals surface area (Å²) in [6, 6.07) is 0. The number of rotatable bonds is 4. The van der Waals surface area contributed by atoms with E-state index in [2.05, 4.69) is 6.92 Å². The van der Waals surface area contributed by atoms with Gasteiger partial charge in [-0.1, -0.05) is 32.8 Å². The van der Waals surface area contributed by atoms with Crippen LogP contribution in [0.3, 0.4) is 0 Å². The number of allylic oxidation sites excluding steroid dienone is 2. The molecule has 1 radical (unpaired) electrons. The molecule has 0 heterocycles. The second-order valence-corrected chi connectivity index (χ2v) is 2.18. The van der Waals surface area contributed by atoms with Crippen LogP contribution in [-0.2, 0) is 17.1 Å². The number of hydrogen-bond donors (Lipinski definition) is 0. The van der Waals surface area contributed by atoms with Crippen LogP contribution in [0.25, 0.3) is 0 Å². The van der Waals surface area contributed by atoms with E-state index in [1.807, 2.05) is 6.92 Å². The Morgan fingerprint density at radius 1 is 1.50 bits per heavy atom. The van der Waals surface area contributed by atoms with E-state index in [0.717, 1.165) is 25.7 Å². The van der Waals surface area contributed by atoms with Crippen LogP contribution in [0.2, 0.25) is 0 Å². The minimum atomic E-state index is 0. The normalized spacial score (nSPS) is 10.8. The molecular weight excluding hydrogens is 167 g/mol. The molecule has 0 spiro atoms. The van der Waals surface area contributed by atoms with Crippen molar-refractivity contribution in [2.45, 2.75) is 39.5 Å². The molecule has 0 saturated carbocycles. The second-order valence-electron chi connectivity index (χ2n) is 2.18. The summed E-state index contributed by atoms with van der Waals surface area (Å²) in [6.45, 7) is 4.09. The molecule has 63 valence electrons. The van der Waals surface area contributed by atoms with E-state index in [9.17, 15) is 5.11 Å². The third-order valence-corrected chi connectivity index (χ3v) is 1.21. The Kier molecular flexibility index (Phi) is 11.5. The maximum atomic E-state index is 10.7. The molecule has 10 heavy (non-hydrogen) atoms. The number of unbranched alkanes of at least 4 members (excludes halogenated alkanes) is 1. The van der Waals surface area contributed by atoms with Gasteiger partial charge in [0.15, 0.2) is 0 Å². The Labute approximate surface area is 75.5 Å². The molecule has 0 saturated heterocycles. The van der Waals surface area contributed by atoms with Crippen LogP contribution in [0, 0.1) is 0 Å². The zero-order valence-corrected chi connectivity index (χ0v) is 7.87. The molecule has 0 unspecified atom stereocenters. The van der Waals surface area contributed by atoms with Gasteiger partial charge in [0.2, 0.25) is 0 Å². The van der Waals surface area contributed by atoms with Crippen LogP contribution in [0.4, 0.5) is 0 Å². The van der Waals surface area contributed by atoms with Crippen LogP contribution in [-0.4, -0.2) is 0 Å². The van der Waals surface area contributed by atoms with Crippen molar-refractivity contribution in [1.29, 1.82) is 0 Å². The monoisotopic (exact) mass is 184 g/mol. The molecule has 0 aromatic heterocycles. The van der Waals surface area contributed by atoms with Crippen molar-refractivity contribution in [2.24, 2.45) is 0 Å². The SMILES string of the molecule is CC/C=C(\[O-])CCCC.[HH].[Mn]. The summed E-state index contributed by atoms with van der Waals surface area (Å²) in [5, 5.41) is 10.7. The van der Waals surface area contributed by atoms with Gasteiger partial charge in [0, 0.05) is 18.5 Å². The third kappa shape index (κ3) is 8.06. The van der Waals surface area contributed by atoms with Gasteiger partial charge in [-0.2, -0.15) is 0 Å². The van der Waals surface area contributed by atoms with E-state index < -0.39 is 0 Å². The molecule has 1 nitrogen and oxygen atoms in total. The van der Waals surface area contributed by atoms with E-state index >= 15 is 0 Å². The summed E-state index contributed by atoms with van der Waals surface area (Å²) in [6.07, 6.45) is 5.53. The minimum Gasteiger partial charge on any atom is -0.876 e. The zero-order valence-electron chi connectivity index (χ0n) is 6.69. The topological polar surface area (TPSA) is 23.1 Å². The standard InChI is InChI=1S/C8H16O.Mn.H2/c1-3-5-7-8(9)6-4-2;;/h6,9H,3-5,7H2,1-2H3;;1H/p-1/b8-6-;;. The van der Waals surface area contributed by atoms with E-state index in [4.69, 9.17) is 0 Å². The molecule has 0 rings (SSSR count). The van der Waals surface area contributed by atoms with E-state index in [1.54, 1.807) is 6.08 Å². The van der Waals surface area contributed by atoms with Crippen LogP contribution in [0.15, 0.2) is 11.8 Å². The zero-order chi connectivity index (χ0) is 7.11. The molecule has 0 aromatic rings. The summed E-state index contributed by atoms with van der Waals surface area (Å²) in [5.74, 6) is 0.305. The number of hydrogen-bond acceptors (Lipinski definition) is 1. The summed E-state index contributed by atoms with van der Waals surface area (Å²) < 4.78 is 0. The van der Waals surface area contributed by atoms with Gasteiger partial charge >= 0.3 is 0 Å². The van der Waals surface area contributed by atoms with Gasteiger partial charge in [-0.3, -0.25) is 0 Å². The van der Waals surface area contributed by atoms with E-state index in [1.165, 1.54) is 0 Å². The molecule has 0 aliphatic rings. The molecule has 0 aliphatic heterocycles. The van der Waals surface area contributed by atoms with Gasteiger partial charge < -0.3 is 5.11 Å². The molecule has 0 bridgehead atoms. The van der Waals surface area contributed by atoms with Crippen LogP contribution in [0.1, 0.15) is 41.0 Å². The third-order valence-electron chi connectivity index (χ3n) is 1.21. The summed E-state index contributed by atoms with van der Waals surface area (Å²) in [5.41, 5.74) is 0. The summed E-state index contributed by atoms with van der Waals surface area (Å²) in [4.78, 5) is 0. The fourth-order valence-corrected chi connectivity index (χ4v) is 0.681. The first-order valence-electron chi connectivity index (χ1n) is 3.67. The van der Waals surface area contributed by atoms with Crippen molar-refractivity contribution < 1.29 is 23.6 Å². The van der Waals surface area contributed by atoms with Gasteiger partial charge in [0.1, 0.15) is 0 Å². The van der Waals surface area contributed by atoms with Crippen molar-refractivity contribution in [1.82, 2.24) is 0 Å². The van der Waals surface area contributed by atoms with Gasteiger partial charge in [-0.25, -0.2) is 0 Å². The average Bonchev–Trinajstić information content (AvgIpc) is 1.85. The fraction of sp³-hybridized carbons (Fsp3) is 0.750. The van der Waals surface area contributed by atoms with Gasteiger partial charge in [0.05, 0.1) is 0 Å². The summed E-state index contributed by atoms with van der Waals surface area (Å²) in [7, 11) is 0. The molecular formula is C8H17MnO-. The molecule has 0 N–H and O–H groups in total. The van der Waals surface area contributed by atoms with E-state index in [0.29, 0.717) is 5.76 Å². The minimum absolute atomic E-state index is 0. The average molecular weight is 184 g/mol. The van der Waals surface area contributed by atoms with Crippen molar-refractivity contribution in [3.63, 3.8) is 0 Å². The fourth-order valence-electron chi connectivity index (χ4n) is 0.681. The van der Waals surface area contributed by atoms with Crippen molar-refractivity contribution in [2.75, 3.05) is 0 Å². The Hall–Kier alpha value is 0.0595. The van der Waals surface area contributed by atoms with Gasteiger partial charge in [-0.05, 0) is 12.8 Å². The Morgan fingerprint density at radius 2 is 2.10 bits per heavy atom. The maximum absolute atomic E-state index is 10.7. The first-order chi connectivity index (χ1) is 4.31. The second kappa shape index (κ2) is 9.06. The molecule has 0 aromatic carbocycles. The van der Waals surface area contributed by atoms with Crippen LogP contribution < -0.4 is 5.11 Å². The Balaban J connectivity index is -0.000000320. The first-order valence-corrected chi connectivity index (χ1v) is 3.67. The quantitative estimate of drug-likeness (QED) is 0.484. The molecule has 0 amide bonds. The van der Waals surface area contributed by atoms with Crippen molar-refractivity contribution in [3.8, 4) is 0 Å². The Morgan fingerprint density at radius 3 is 2.50 bits per heavy atom. The first kappa shape index (κ1) is 12.7. The van der Waals surface area contributed by atoms with Crippen molar-refractivity contribution >= 4 is 0 Å². The predicted octanol–water partition coefficient (Wildman–Crippen LogP) is 2.07. The molecule has 0 atom stereocenters. The van der Waals surface area contributed by atoms with Crippen molar-refractivity contribution in [3.05, 3.63) is 11.8 Å². The van der Waals surface area contributed by atoms with Gasteiger partial charge in [-0.15, -0.1) is 5.76 Å². The van der Waals surface area contributed by atoms with Crippen LogP contribution >= 0.6 is 0 Å². The largest absolute Gasteiger partial charge is 0.876 e. The smallest absolute Gasteiger partial charge is 0 e. The molecule has 0 aliphatic carbocycles.